The largest absolute Gasteiger partial charge is 0.493 e. The van der Waals surface area contributed by atoms with Gasteiger partial charge in [0.15, 0.2) is 23.3 Å². The zero-order valence-corrected chi connectivity index (χ0v) is 18.0. The highest BCUT2D eigenvalue weighted by Crippen LogP contribution is 2.33. The number of hydrogen-bond acceptors (Lipinski definition) is 7. The molecule has 2 aromatic heterocycles. The summed E-state index contributed by atoms with van der Waals surface area (Å²) in [5, 5.41) is 7.45. The molecule has 1 aliphatic rings. The maximum Gasteiger partial charge on any atom is 0.276 e. The van der Waals surface area contributed by atoms with Crippen molar-refractivity contribution in [2.75, 3.05) is 34.4 Å². The highest BCUT2D eigenvalue weighted by Gasteiger charge is 2.21. The van der Waals surface area contributed by atoms with Crippen LogP contribution in [-0.2, 0) is 19.4 Å². The van der Waals surface area contributed by atoms with Gasteiger partial charge in [0.25, 0.3) is 5.89 Å². The van der Waals surface area contributed by atoms with E-state index < -0.39 is 0 Å². The van der Waals surface area contributed by atoms with Crippen LogP contribution in [0.4, 0.5) is 0 Å². The summed E-state index contributed by atoms with van der Waals surface area (Å²) in [5.74, 6) is 3.41. The standard InChI is InChI=1S/C22H26N6O3/c1-23-22(25-10-7-20-26-21(31-27-20)17-6-4-5-9-24-17)28-11-8-15-12-18(29-2)19(30-3)13-16(15)14-28/h4-6,9,12-13H,7-8,10-11,14H2,1-3H3,(H,23,25). The number of methoxy groups -OCH3 is 2. The van der Waals surface area contributed by atoms with E-state index in [1.165, 1.54) is 11.1 Å². The topological polar surface area (TPSA) is 97.9 Å². The van der Waals surface area contributed by atoms with Crippen LogP contribution in [0.1, 0.15) is 17.0 Å². The minimum atomic E-state index is 0.428. The van der Waals surface area contributed by atoms with Crippen molar-refractivity contribution in [2.24, 2.45) is 4.99 Å². The van der Waals surface area contributed by atoms with Crippen LogP contribution in [0.15, 0.2) is 46.0 Å². The maximum atomic E-state index is 5.46. The van der Waals surface area contributed by atoms with E-state index in [0.29, 0.717) is 30.4 Å². The number of nitrogens with one attached hydrogen (secondary N) is 1. The van der Waals surface area contributed by atoms with E-state index in [2.05, 4.69) is 36.4 Å². The maximum absolute atomic E-state index is 5.46. The van der Waals surface area contributed by atoms with E-state index in [1.807, 2.05) is 24.3 Å². The molecule has 0 radical (unpaired) electrons. The number of hydrogen-bond donors (Lipinski definition) is 1. The van der Waals surface area contributed by atoms with Gasteiger partial charge < -0.3 is 24.2 Å². The lowest BCUT2D eigenvalue weighted by Crippen LogP contribution is -2.44. The first-order chi connectivity index (χ1) is 15.2. The van der Waals surface area contributed by atoms with Crippen molar-refractivity contribution in [3.8, 4) is 23.1 Å². The fourth-order valence-corrected chi connectivity index (χ4v) is 3.63. The number of aromatic nitrogens is 3. The molecule has 9 heteroatoms. The summed E-state index contributed by atoms with van der Waals surface area (Å²) in [4.78, 5) is 15.3. The van der Waals surface area contributed by atoms with Crippen molar-refractivity contribution < 1.29 is 14.0 Å². The van der Waals surface area contributed by atoms with Crippen molar-refractivity contribution in [1.29, 1.82) is 0 Å². The number of guanidine groups is 1. The molecule has 4 rings (SSSR count). The second-order valence-electron chi connectivity index (χ2n) is 7.10. The van der Waals surface area contributed by atoms with Gasteiger partial charge in [0.1, 0.15) is 5.69 Å². The average molecular weight is 422 g/mol. The predicted molar refractivity (Wildman–Crippen MR) is 116 cm³/mol. The third-order valence-corrected chi connectivity index (χ3v) is 5.21. The summed E-state index contributed by atoms with van der Waals surface area (Å²) in [6, 6.07) is 9.70. The van der Waals surface area contributed by atoms with Gasteiger partial charge in [-0.1, -0.05) is 11.2 Å². The number of benzene rings is 1. The molecule has 3 aromatic rings. The monoisotopic (exact) mass is 422 g/mol. The van der Waals surface area contributed by atoms with Gasteiger partial charge in [-0.3, -0.25) is 9.98 Å². The molecule has 0 aliphatic carbocycles. The summed E-state index contributed by atoms with van der Waals surface area (Å²) >= 11 is 0. The van der Waals surface area contributed by atoms with E-state index in [1.54, 1.807) is 27.5 Å². The second kappa shape index (κ2) is 9.46. The van der Waals surface area contributed by atoms with Crippen LogP contribution >= 0.6 is 0 Å². The van der Waals surface area contributed by atoms with Crippen LogP contribution < -0.4 is 14.8 Å². The van der Waals surface area contributed by atoms with E-state index in [0.717, 1.165) is 37.0 Å². The van der Waals surface area contributed by atoms with E-state index in [-0.39, 0.29) is 0 Å². The third kappa shape index (κ3) is 4.60. The summed E-state index contributed by atoms with van der Waals surface area (Å²) in [6.07, 6.45) is 3.23. The van der Waals surface area contributed by atoms with Crippen LogP contribution in [0.3, 0.4) is 0 Å². The Morgan fingerprint density at radius 3 is 2.71 bits per heavy atom. The fourth-order valence-electron chi connectivity index (χ4n) is 3.63. The van der Waals surface area contributed by atoms with Gasteiger partial charge in [0, 0.05) is 39.3 Å². The zero-order valence-electron chi connectivity index (χ0n) is 18.0. The highest BCUT2D eigenvalue weighted by atomic mass is 16.5. The number of nitrogens with zero attached hydrogens (tertiary/aromatic N) is 5. The van der Waals surface area contributed by atoms with Crippen molar-refractivity contribution in [3.63, 3.8) is 0 Å². The molecule has 1 aliphatic heterocycles. The third-order valence-electron chi connectivity index (χ3n) is 5.21. The Balaban J connectivity index is 1.36. The van der Waals surface area contributed by atoms with Gasteiger partial charge in [-0.2, -0.15) is 4.98 Å². The quantitative estimate of drug-likeness (QED) is 0.477. The van der Waals surface area contributed by atoms with Gasteiger partial charge in [-0.05, 0) is 41.8 Å². The molecule has 31 heavy (non-hydrogen) atoms. The molecule has 0 bridgehead atoms. The second-order valence-corrected chi connectivity index (χ2v) is 7.10. The first-order valence-electron chi connectivity index (χ1n) is 10.1. The van der Waals surface area contributed by atoms with Gasteiger partial charge in [-0.15, -0.1) is 0 Å². The first kappa shape index (κ1) is 20.6. The van der Waals surface area contributed by atoms with Crippen molar-refractivity contribution >= 4 is 5.96 Å². The number of pyridine rings is 1. The lowest BCUT2D eigenvalue weighted by atomic mass is 9.99. The molecule has 0 saturated carbocycles. The normalized spacial score (nSPS) is 13.6. The minimum Gasteiger partial charge on any atom is -0.493 e. The molecule has 0 fully saturated rings. The number of rotatable bonds is 6. The molecule has 0 spiro atoms. The molecule has 162 valence electrons. The molecule has 3 heterocycles. The molecule has 0 unspecified atom stereocenters. The Labute approximate surface area is 181 Å². The number of fused-ring (bicyclic) bond motifs is 1. The summed E-state index contributed by atoms with van der Waals surface area (Å²) in [5.41, 5.74) is 3.16. The lowest BCUT2D eigenvalue weighted by Gasteiger charge is -2.32. The molecule has 9 nitrogen and oxygen atoms in total. The summed E-state index contributed by atoms with van der Waals surface area (Å²) in [6.45, 7) is 2.26. The molecule has 0 amide bonds. The number of ether oxygens (including phenoxy) is 2. The SMILES string of the molecule is CN=C(NCCc1noc(-c2ccccn2)n1)N1CCc2cc(OC)c(OC)cc2C1. The molecular weight excluding hydrogens is 396 g/mol. The lowest BCUT2D eigenvalue weighted by molar-refractivity contribution is 0.346. The van der Waals surface area contributed by atoms with Crippen LogP contribution in [0.25, 0.3) is 11.6 Å². The Morgan fingerprint density at radius 1 is 1.19 bits per heavy atom. The summed E-state index contributed by atoms with van der Waals surface area (Å²) < 4.78 is 16.2. The van der Waals surface area contributed by atoms with E-state index in [4.69, 9.17) is 14.0 Å². The smallest absolute Gasteiger partial charge is 0.276 e. The predicted octanol–water partition coefficient (Wildman–Crippen LogP) is 2.32. The van der Waals surface area contributed by atoms with E-state index in [9.17, 15) is 0 Å². The highest BCUT2D eigenvalue weighted by molar-refractivity contribution is 5.80. The van der Waals surface area contributed by atoms with Crippen molar-refractivity contribution in [3.05, 3.63) is 53.5 Å². The number of aliphatic imine (C=N–C) groups is 1. The van der Waals surface area contributed by atoms with Gasteiger partial charge in [0.05, 0.1) is 14.2 Å². The van der Waals surface area contributed by atoms with Gasteiger partial charge in [-0.25, -0.2) is 0 Å². The van der Waals surface area contributed by atoms with Crippen molar-refractivity contribution in [2.45, 2.75) is 19.4 Å². The Kier molecular flexibility index (Phi) is 6.30. The van der Waals surface area contributed by atoms with Crippen molar-refractivity contribution in [1.82, 2.24) is 25.3 Å². The van der Waals surface area contributed by atoms with Crippen LogP contribution in [0, 0.1) is 0 Å². The summed E-state index contributed by atoms with van der Waals surface area (Å²) in [7, 11) is 5.11. The van der Waals surface area contributed by atoms with Crippen LogP contribution in [-0.4, -0.2) is 60.3 Å². The van der Waals surface area contributed by atoms with Crippen LogP contribution in [0.2, 0.25) is 0 Å². The fraction of sp³-hybridized carbons (Fsp3) is 0.364. The average Bonchev–Trinajstić information content (AvgIpc) is 3.30. The molecular formula is C22H26N6O3. The van der Waals surface area contributed by atoms with E-state index >= 15 is 0 Å². The van der Waals surface area contributed by atoms with Gasteiger partial charge in [0.2, 0.25) is 0 Å². The Hall–Kier alpha value is -3.62. The Bertz CT molecular complexity index is 1050. The molecule has 0 saturated heterocycles. The zero-order chi connectivity index (χ0) is 21.6. The Morgan fingerprint density at radius 2 is 2.00 bits per heavy atom. The molecule has 1 aromatic carbocycles. The first-order valence-corrected chi connectivity index (χ1v) is 10.1. The van der Waals surface area contributed by atoms with Gasteiger partial charge >= 0.3 is 0 Å². The molecule has 0 atom stereocenters. The molecule has 1 N–H and O–H groups in total. The van der Waals surface area contributed by atoms with Crippen LogP contribution in [0.5, 0.6) is 11.5 Å². The minimum absolute atomic E-state index is 0.428.